The lowest BCUT2D eigenvalue weighted by Gasteiger charge is -2.07. The Labute approximate surface area is 165 Å². The van der Waals surface area contributed by atoms with Crippen molar-refractivity contribution in [2.75, 3.05) is 14.2 Å². The largest absolute Gasteiger partial charge is 0.465 e. The van der Waals surface area contributed by atoms with E-state index in [1.54, 1.807) is 48.5 Å². The summed E-state index contributed by atoms with van der Waals surface area (Å²) in [5.41, 5.74) is 1.36. The third-order valence-corrected chi connectivity index (χ3v) is 4.35. The molecule has 1 heterocycles. The average Bonchev–Trinajstić information content (AvgIpc) is 3.08. The maximum absolute atomic E-state index is 12.5. The Kier molecular flexibility index (Phi) is 5.48. The van der Waals surface area contributed by atoms with Crippen molar-refractivity contribution in [2.45, 2.75) is 0 Å². The fourth-order valence-electron chi connectivity index (χ4n) is 2.58. The number of ether oxygens (including phenoxy) is 2. The van der Waals surface area contributed by atoms with Crippen molar-refractivity contribution in [3.8, 4) is 16.9 Å². The van der Waals surface area contributed by atoms with E-state index in [1.165, 1.54) is 18.9 Å². The third kappa shape index (κ3) is 3.67. The molecule has 3 rings (SSSR count). The number of rotatable bonds is 4. The molecule has 0 aliphatic carbocycles. The zero-order valence-corrected chi connectivity index (χ0v) is 15.9. The summed E-state index contributed by atoms with van der Waals surface area (Å²) in [5.74, 6) is -1.43. The van der Waals surface area contributed by atoms with Crippen molar-refractivity contribution >= 4 is 35.1 Å². The van der Waals surface area contributed by atoms with Crippen molar-refractivity contribution in [2.24, 2.45) is 0 Å². The molecule has 1 aromatic heterocycles. The molecule has 0 N–H and O–H groups in total. The van der Waals surface area contributed by atoms with Gasteiger partial charge in [0.15, 0.2) is 5.69 Å². The second kappa shape index (κ2) is 7.82. The fourth-order valence-corrected chi connectivity index (χ4v) is 2.83. The summed E-state index contributed by atoms with van der Waals surface area (Å²) in [5, 5.41) is 5.53. The summed E-state index contributed by atoms with van der Waals surface area (Å²) >= 11 is 11.9. The first-order valence-corrected chi connectivity index (χ1v) is 8.53. The highest BCUT2D eigenvalue weighted by atomic mass is 35.5. The predicted molar refractivity (Wildman–Crippen MR) is 102 cm³/mol. The van der Waals surface area contributed by atoms with E-state index in [0.717, 1.165) is 0 Å². The van der Waals surface area contributed by atoms with Crippen molar-refractivity contribution in [3.63, 3.8) is 0 Å². The van der Waals surface area contributed by atoms with Crippen LogP contribution in [-0.4, -0.2) is 35.9 Å². The summed E-state index contributed by atoms with van der Waals surface area (Å²) in [6.07, 6.45) is 0. The van der Waals surface area contributed by atoms with E-state index < -0.39 is 11.9 Å². The summed E-state index contributed by atoms with van der Waals surface area (Å²) in [6.45, 7) is 0. The van der Waals surface area contributed by atoms with Crippen LogP contribution in [0.4, 0.5) is 0 Å². The summed E-state index contributed by atoms with van der Waals surface area (Å²) in [7, 11) is 2.46. The number of esters is 2. The van der Waals surface area contributed by atoms with Crippen LogP contribution in [0.5, 0.6) is 0 Å². The minimum atomic E-state index is -0.724. The molecule has 8 heteroatoms. The fraction of sp³-hybridized carbons (Fsp3) is 0.105. The summed E-state index contributed by atoms with van der Waals surface area (Å²) < 4.78 is 11.1. The van der Waals surface area contributed by atoms with E-state index in [-0.39, 0.29) is 17.0 Å². The minimum absolute atomic E-state index is 0.00150. The van der Waals surface area contributed by atoms with Crippen LogP contribution in [0.1, 0.15) is 20.8 Å². The van der Waals surface area contributed by atoms with Gasteiger partial charge in [-0.1, -0.05) is 35.3 Å². The number of aromatic nitrogens is 2. The molecule has 0 fully saturated rings. The topological polar surface area (TPSA) is 70.4 Å². The molecule has 6 nitrogen and oxygen atoms in total. The van der Waals surface area contributed by atoms with Crippen LogP contribution in [-0.2, 0) is 9.47 Å². The van der Waals surface area contributed by atoms with Gasteiger partial charge in [0.05, 0.1) is 19.9 Å². The summed E-state index contributed by atoms with van der Waals surface area (Å²) in [6, 6.07) is 13.4. The first-order valence-electron chi connectivity index (χ1n) is 7.77. The molecule has 0 aliphatic heterocycles. The maximum atomic E-state index is 12.5. The molecule has 0 saturated carbocycles. The second-order valence-corrected chi connectivity index (χ2v) is 6.32. The third-order valence-electron chi connectivity index (χ3n) is 3.84. The van der Waals surface area contributed by atoms with Gasteiger partial charge < -0.3 is 9.47 Å². The van der Waals surface area contributed by atoms with Crippen molar-refractivity contribution < 1.29 is 19.1 Å². The number of carbonyl (C=O) groups excluding carboxylic acids is 2. The van der Waals surface area contributed by atoms with Crippen molar-refractivity contribution in [1.82, 2.24) is 9.78 Å². The van der Waals surface area contributed by atoms with Gasteiger partial charge in [0, 0.05) is 15.6 Å². The Hall–Kier alpha value is -2.83. The highest BCUT2D eigenvalue weighted by Crippen LogP contribution is 2.30. The molecular weight excluding hydrogens is 391 g/mol. The van der Waals surface area contributed by atoms with Gasteiger partial charge in [-0.05, 0) is 36.4 Å². The van der Waals surface area contributed by atoms with Crippen LogP contribution in [0, 0.1) is 0 Å². The van der Waals surface area contributed by atoms with Gasteiger partial charge in [0.2, 0.25) is 0 Å². The van der Waals surface area contributed by atoms with Crippen LogP contribution in [0.2, 0.25) is 10.0 Å². The lowest BCUT2D eigenvalue weighted by molar-refractivity contribution is 0.0549. The number of hydrogen-bond acceptors (Lipinski definition) is 5. The first-order chi connectivity index (χ1) is 13.0. The maximum Gasteiger partial charge on any atom is 0.357 e. The SMILES string of the molecule is COC(=O)c1c(-c2ccc(Cl)cc2)nn(-c2ccc(Cl)cc2)c1C(=O)OC. The lowest BCUT2D eigenvalue weighted by Crippen LogP contribution is -2.15. The minimum Gasteiger partial charge on any atom is -0.465 e. The van der Waals surface area contributed by atoms with Gasteiger partial charge in [0.1, 0.15) is 11.3 Å². The molecule has 0 amide bonds. The zero-order valence-electron chi connectivity index (χ0n) is 14.4. The van der Waals surface area contributed by atoms with E-state index in [2.05, 4.69) is 5.10 Å². The number of nitrogens with zero attached hydrogens (tertiary/aromatic N) is 2. The van der Waals surface area contributed by atoms with Gasteiger partial charge in [-0.25, -0.2) is 14.3 Å². The zero-order chi connectivity index (χ0) is 19.6. The average molecular weight is 405 g/mol. The molecular formula is C19H14Cl2N2O4. The Morgan fingerprint density at radius 3 is 1.89 bits per heavy atom. The molecule has 0 unspecified atom stereocenters. The van der Waals surface area contributed by atoms with E-state index in [9.17, 15) is 9.59 Å². The Morgan fingerprint density at radius 1 is 0.852 bits per heavy atom. The van der Waals surface area contributed by atoms with Gasteiger partial charge >= 0.3 is 11.9 Å². The molecule has 0 bridgehead atoms. The van der Waals surface area contributed by atoms with Crippen LogP contribution < -0.4 is 0 Å². The molecule has 2 aromatic carbocycles. The summed E-state index contributed by atoms with van der Waals surface area (Å²) in [4.78, 5) is 25.0. The van der Waals surface area contributed by atoms with E-state index in [1.807, 2.05) is 0 Å². The van der Waals surface area contributed by atoms with Crippen LogP contribution in [0.15, 0.2) is 48.5 Å². The van der Waals surface area contributed by atoms with Crippen LogP contribution in [0.25, 0.3) is 16.9 Å². The van der Waals surface area contributed by atoms with Crippen LogP contribution >= 0.6 is 23.2 Å². The highest BCUT2D eigenvalue weighted by Gasteiger charge is 2.31. The Balaban J connectivity index is 2.33. The van der Waals surface area contributed by atoms with Gasteiger partial charge in [-0.15, -0.1) is 0 Å². The quantitative estimate of drug-likeness (QED) is 0.601. The first kappa shape index (κ1) is 18.9. The monoisotopic (exact) mass is 404 g/mol. The number of hydrogen-bond donors (Lipinski definition) is 0. The Morgan fingerprint density at radius 2 is 1.37 bits per heavy atom. The number of methoxy groups -OCH3 is 2. The highest BCUT2D eigenvalue weighted by molar-refractivity contribution is 6.30. The van der Waals surface area contributed by atoms with E-state index >= 15 is 0 Å². The second-order valence-electron chi connectivity index (χ2n) is 5.45. The van der Waals surface area contributed by atoms with Crippen molar-refractivity contribution in [3.05, 3.63) is 69.8 Å². The molecule has 0 radical (unpaired) electrons. The predicted octanol–water partition coefficient (Wildman–Crippen LogP) is 4.42. The molecule has 0 spiro atoms. The standard InChI is InChI=1S/C19H14Cl2N2O4/c1-26-18(24)15-16(11-3-5-12(20)6-4-11)22-23(17(15)19(25)27-2)14-9-7-13(21)8-10-14/h3-10H,1-2H3. The molecule has 27 heavy (non-hydrogen) atoms. The van der Waals surface area contributed by atoms with Crippen LogP contribution in [0.3, 0.4) is 0 Å². The lowest BCUT2D eigenvalue weighted by atomic mass is 10.1. The molecule has 0 atom stereocenters. The van der Waals surface area contributed by atoms with E-state index in [4.69, 9.17) is 32.7 Å². The molecule has 0 aliphatic rings. The van der Waals surface area contributed by atoms with E-state index in [0.29, 0.717) is 21.3 Å². The number of benzene rings is 2. The number of carbonyl (C=O) groups is 2. The molecule has 0 saturated heterocycles. The van der Waals surface area contributed by atoms with Crippen molar-refractivity contribution in [1.29, 1.82) is 0 Å². The smallest absolute Gasteiger partial charge is 0.357 e. The normalized spacial score (nSPS) is 10.5. The molecule has 138 valence electrons. The van der Waals surface area contributed by atoms with Gasteiger partial charge in [-0.3, -0.25) is 0 Å². The van der Waals surface area contributed by atoms with Gasteiger partial charge in [0.25, 0.3) is 0 Å². The Bertz CT molecular complexity index is 916. The van der Waals surface area contributed by atoms with Gasteiger partial charge in [-0.2, -0.15) is 5.10 Å². The molecule has 3 aromatic rings. The number of halogens is 2.